The predicted octanol–water partition coefficient (Wildman–Crippen LogP) is 4.03. The summed E-state index contributed by atoms with van der Waals surface area (Å²) >= 11 is 0. The van der Waals surface area contributed by atoms with Gasteiger partial charge in [-0.3, -0.25) is 18.1 Å². The van der Waals surface area contributed by atoms with E-state index in [1.54, 1.807) is 6.92 Å². The number of phosphoric acid groups is 1. The number of alkyl halides is 1. The summed E-state index contributed by atoms with van der Waals surface area (Å²) in [5.74, 6) is 0.784. The van der Waals surface area contributed by atoms with Crippen LogP contribution >= 0.6 is 7.82 Å². The molecule has 4 heterocycles. The van der Waals surface area contributed by atoms with E-state index >= 15 is 4.39 Å². The third-order valence-corrected chi connectivity index (χ3v) is 7.51. The zero-order valence-electron chi connectivity index (χ0n) is 18.6. The van der Waals surface area contributed by atoms with Crippen LogP contribution in [0.25, 0.3) is 11.2 Å². The average Bonchev–Trinajstić information content (AvgIpc) is 3.40. The third-order valence-electron chi connectivity index (χ3n) is 6.00. The Bertz CT molecular complexity index is 1060. The first-order chi connectivity index (χ1) is 15.2. The number of hydrogen-bond donors (Lipinski definition) is 0. The summed E-state index contributed by atoms with van der Waals surface area (Å²) in [5.41, 5.74) is -1.26. The molecule has 1 saturated carbocycles. The van der Waals surface area contributed by atoms with Crippen LogP contribution in [0.3, 0.4) is 0 Å². The number of hydrogen-bond acceptors (Lipinski definition) is 9. The second-order valence-corrected chi connectivity index (χ2v) is 10.6. The molecule has 2 aromatic heterocycles. The van der Waals surface area contributed by atoms with Gasteiger partial charge >= 0.3 is 7.82 Å². The molecule has 1 aliphatic carbocycles. The molecule has 0 spiro atoms. The zero-order valence-corrected chi connectivity index (χ0v) is 19.5. The van der Waals surface area contributed by atoms with Gasteiger partial charge in [0.25, 0.3) is 0 Å². The van der Waals surface area contributed by atoms with Gasteiger partial charge in [0.15, 0.2) is 23.1 Å². The number of rotatable bonds is 5. The highest BCUT2D eigenvalue weighted by Crippen LogP contribution is 2.61. The minimum atomic E-state index is -3.89. The Morgan fingerprint density at radius 2 is 2.06 bits per heavy atom. The summed E-state index contributed by atoms with van der Waals surface area (Å²) in [5, 5.41) is 0. The minimum absolute atomic E-state index is 0.0903. The summed E-state index contributed by atoms with van der Waals surface area (Å²) in [4.78, 5) is 13.1. The molecule has 0 bridgehead atoms. The highest BCUT2D eigenvalue weighted by molar-refractivity contribution is 7.48. The van der Waals surface area contributed by atoms with Gasteiger partial charge in [-0.15, -0.1) is 0 Å². The molecule has 12 heteroatoms. The van der Waals surface area contributed by atoms with Crippen molar-refractivity contribution in [2.75, 3.05) is 6.61 Å². The van der Waals surface area contributed by atoms with E-state index in [0.29, 0.717) is 22.9 Å². The summed E-state index contributed by atoms with van der Waals surface area (Å²) in [6.07, 6.45) is 1.71. The Kier molecular flexibility index (Phi) is 5.53. The maximum atomic E-state index is 16.2. The number of fused-ring (bicyclic) bond motifs is 2. The Labute approximate surface area is 185 Å². The Hall–Kier alpha value is -1.65. The zero-order chi connectivity index (χ0) is 22.7. The highest BCUT2D eigenvalue weighted by Gasteiger charge is 2.62. The van der Waals surface area contributed by atoms with E-state index in [0.717, 1.165) is 25.7 Å². The molecule has 0 N–H and O–H groups in total. The largest absolute Gasteiger partial charge is 0.475 e. The SMILES string of the molecule is Cc1nc(OC(C)C)c2ncn([C@@H]3O[C@@H]4CO[P@](=O)(OC5CCCC5)O[C@H]4[C@@]3(C)F)c2n1. The molecule has 2 aliphatic heterocycles. The number of ether oxygens (including phenoxy) is 2. The monoisotopic (exact) mass is 470 g/mol. The van der Waals surface area contributed by atoms with Gasteiger partial charge in [0, 0.05) is 0 Å². The molecule has 0 amide bonds. The molecule has 3 fully saturated rings. The Morgan fingerprint density at radius 3 is 2.78 bits per heavy atom. The van der Waals surface area contributed by atoms with Crippen LogP contribution in [-0.2, 0) is 22.9 Å². The van der Waals surface area contributed by atoms with Gasteiger partial charge in [-0.25, -0.2) is 18.9 Å². The molecule has 0 radical (unpaired) electrons. The van der Waals surface area contributed by atoms with Crippen LogP contribution in [0.15, 0.2) is 6.33 Å². The molecule has 10 nitrogen and oxygen atoms in total. The van der Waals surface area contributed by atoms with E-state index in [1.807, 2.05) is 13.8 Å². The highest BCUT2D eigenvalue weighted by atomic mass is 31.2. The Balaban J connectivity index is 1.44. The van der Waals surface area contributed by atoms with Crippen molar-refractivity contribution in [3.8, 4) is 5.88 Å². The summed E-state index contributed by atoms with van der Waals surface area (Å²) in [6, 6.07) is 0. The lowest BCUT2D eigenvalue weighted by atomic mass is 9.98. The van der Waals surface area contributed by atoms with E-state index < -0.39 is 31.9 Å². The first-order valence-corrected chi connectivity index (χ1v) is 12.5. The average molecular weight is 470 g/mol. The second-order valence-electron chi connectivity index (χ2n) is 9.03. The smallest absolute Gasteiger partial charge is 0.473 e. The van der Waals surface area contributed by atoms with E-state index in [4.69, 9.17) is 23.0 Å². The molecule has 2 saturated heterocycles. The van der Waals surface area contributed by atoms with Gasteiger partial charge in [0.1, 0.15) is 18.0 Å². The van der Waals surface area contributed by atoms with Crippen LogP contribution in [0.4, 0.5) is 4.39 Å². The fourth-order valence-corrected chi connectivity index (χ4v) is 6.24. The van der Waals surface area contributed by atoms with Crippen molar-refractivity contribution in [1.82, 2.24) is 19.5 Å². The molecule has 5 rings (SSSR count). The van der Waals surface area contributed by atoms with E-state index in [9.17, 15) is 4.57 Å². The van der Waals surface area contributed by atoms with Crippen LogP contribution < -0.4 is 4.74 Å². The van der Waals surface area contributed by atoms with Gasteiger partial charge < -0.3 is 9.47 Å². The lowest BCUT2D eigenvalue weighted by Crippen LogP contribution is -2.45. The van der Waals surface area contributed by atoms with Crippen molar-refractivity contribution >= 4 is 19.0 Å². The Morgan fingerprint density at radius 1 is 1.31 bits per heavy atom. The van der Waals surface area contributed by atoms with Crippen LogP contribution in [0.2, 0.25) is 0 Å². The van der Waals surface area contributed by atoms with Gasteiger partial charge in [0.05, 0.1) is 25.1 Å². The third kappa shape index (κ3) is 3.84. The van der Waals surface area contributed by atoms with Gasteiger partial charge in [-0.2, -0.15) is 4.98 Å². The lowest BCUT2D eigenvalue weighted by Gasteiger charge is -2.34. The maximum absolute atomic E-state index is 16.2. The number of nitrogens with zero attached hydrogens (tertiary/aromatic N) is 4. The van der Waals surface area contributed by atoms with E-state index in [2.05, 4.69) is 15.0 Å². The maximum Gasteiger partial charge on any atom is 0.475 e. The second kappa shape index (κ2) is 7.99. The molecule has 5 atom stereocenters. The van der Waals surface area contributed by atoms with E-state index in [-0.39, 0.29) is 18.8 Å². The molecule has 32 heavy (non-hydrogen) atoms. The van der Waals surface area contributed by atoms with Gasteiger partial charge in [-0.1, -0.05) is 12.8 Å². The van der Waals surface area contributed by atoms with Gasteiger partial charge in [0.2, 0.25) is 5.88 Å². The van der Waals surface area contributed by atoms with Crippen LogP contribution in [0, 0.1) is 6.92 Å². The van der Waals surface area contributed by atoms with Crippen LogP contribution in [0.5, 0.6) is 5.88 Å². The van der Waals surface area contributed by atoms with Gasteiger partial charge in [-0.05, 0) is 40.5 Å². The van der Waals surface area contributed by atoms with Crippen molar-refractivity contribution < 1.29 is 32.0 Å². The molecular weight excluding hydrogens is 442 g/mol. The minimum Gasteiger partial charge on any atom is -0.473 e. The van der Waals surface area contributed by atoms with E-state index in [1.165, 1.54) is 17.8 Å². The lowest BCUT2D eigenvalue weighted by molar-refractivity contribution is -0.0745. The first kappa shape index (κ1) is 22.2. The van der Waals surface area contributed by atoms with Crippen molar-refractivity contribution in [1.29, 1.82) is 0 Å². The van der Waals surface area contributed by atoms with Crippen LogP contribution in [0.1, 0.15) is 58.5 Å². The molecule has 0 aromatic carbocycles. The predicted molar refractivity (Wildman–Crippen MR) is 111 cm³/mol. The standard InChI is InChI=1S/C20H28FN4O6P/c1-11(2)28-18-15-17(23-12(3)24-18)25(10-22-15)19-20(4,21)16-14(29-19)9-27-32(26,31-16)30-13-7-5-6-8-13/h10-11,13-14,16,19H,5-9H2,1-4H3/t14-,16-,19-,20-,32-/m1/s1. The topological polar surface area (TPSA) is 107 Å². The van der Waals surface area contributed by atoms with Crippen molar-refractivity contribution in [2.24, 2.45) is 0 Å². The van der Waals surface area contributed by atoms with Crippen molar-refractivity contribution in [3.63, 3.8) is 0 Å². The fourth-order valence-electron chi connectivity index (χ4n) is 4.55. The first-order valence-electron chi connectivity index (χ1n) is 11.0. The summed E-state index contributed by atoms with van der Waals surface area (Å²) in [6.45, 7) is 6.76. The number of imidazole rings is 1. The number of phosphoric ester groups is 1. The molecule has 0 unspecified atom stereocenters. The van der Waals surface area contributed by atoms with Crippen molar-refractivity contribution in [3.05, 3.63) is 12.2 Å². The number of halogens is 1. The quantitative estimate of drug-likeness (QED) is 0.599. The number of aromatic nitrogens is 4. The molecule has 2 aromatic rings. The molecular formula is C20H28FN4O6P. The molecule has 3 aliphatic rings. The fraction of sp³-hybridized carbons (Fsp3) is 0.750. The number of aryl methyl sites for hydroxylation is 1. The summed E-state index contributed by atoms with van der Waals surface area (Å²) < 4.78 is 59.2. The van der Waals surface area contributed by atoms with Crippen molar-refractivity contribution in [2.45, 2.75) is 89.7 Å². The molecule has 176 valence electrons. The summed E-state index contributed by atoms with van der Waals surface area (Å²) in [7, 11) is -3.89. The van der Waals surface area contributed by atoms with Crippen LogP contribution in [-0.4, -0.2) is 56.2 Å². The normalized spacial score (nSPS) is 35.6.